The Hall–Kier alpha value is 1.81. The Morgan fingerprint density at radius 1 is 0.500 bits per heavy atom. The zero-order valence-electron chi connectivity index (χ0n) is 5.78. The van der Waals surface area contributed by atoms with Crippen molar-refractivity contribution >= 4 is 89.1 Å². The van der Waals surface area contributed by atoms with Gasteiger partial charge in [-0.25, -0.2) is 0 Å². The van der Waals surface area contributed by atoms with Crippen molar-refractivity contribution in [1.82, 2.24) is 0 Å². The maximum absolute atomic E-state index is 9.07. The summed E-state index contributed by atoms with van der Waals surface area (Å²) in [5, 5.41) is 0. The summed E-state index contributed by atoms with van der Waals surface area (Å²) in [7, 11) is 0. The molecule has 0 saturated carbocycles. The van der Waals surface area contributed by atoms with E-state index in [0.717, 1.165) is 0 Å². The molecule has 0 aromatic carbocycles. The second kappa shape index (κ2) is 24.2. The van der Waals surface area contributed by atoms with E-state index in [1.54, 1.807) is 0 Å². The SMILES string of the molecule is O=C([S-])[S-].O=C([S-])[S-].O=C([S-])[S-].[Au+3].[Au+3]. The average molecular weight is 670 g/mol. The molecule has 0 N–H and O–H groups in total. The van der Waals surface area contributed by atoms with Gasteiger partial charge in [0.2, 0.25) is 0 Å². The van der Waals surface area contributed by atoms with E-state index in [2.05, 4.69) is 75.8 Å². The van der Waals surface area contributed by atoms with Crippen molar-refractivity contribution < 1.29 is 59.1 Å². The number of rotatable bonds is 0. The molecule has 14 heavy (non-hydrogen) atoms. The van der Waals surface area contributed by atoms with Gasteiger partial charge in [-0.2, -0.15) is 0 Å². The van der Waals surface area contributed by atoms with Crippen LogP contribution in [-0.4, -0.2) is 13.3 Å². The smallest absolute Gasteiger partial charge is 0.767 e. The maximum Gasteiger partial charge on any atom is 3.00 e. The Labute approximate surface area is 146 Å². The van der Waals surface area contributed by atoms with Crippen molar-refractivity contribution in [3.8, 4) is 0 Å². The second-order valence-corrected chi connectivity index (χ2v) is 3.75. The van der Waals surface area contributed by atoms with E-state index in [9.17, 15) is 0 Å². The molecule has 88 valence electrons. The molecule has 0 unspecified atom stereocenters. The molecule has 0 saturated heterocycles. The van der Waals surface area contributed by atoms with Gasteiger partial charge in [0.25, 0.3) is 0 Å². The van der Waals surface area contributed by atoms with Gasteiger partial charge < -0.3 is 90.2 Å². The summed E-state index contributed by atoms with van der Waals surface area (Å²) in [5.74, 6) is 0. The Morgan fingerprint density at radius 2 is 0.500 bits per heavy atom. The molecule has 0 rings (SSSR count). The minimum absolute atomic E-state index is 0. The van der Waals surface area contributed by atoms with E-state index in [4.69, 9.17) is 14.4 Å². The third-order valence-corrected chi connectivity index (χ3v) is 0. The van der Waals surface area contributed by atoms with Crippen molar-refractivity contribution in [3.05, 3.63) is 0 Å². The summed E-state index contributed by atoms with van der Waals surface area (Å²) in [6.45, 7) is 0. The van der Waals surface area contributed by atoms with Gasteiger partial charge >= 0.3 is 44.8 Å². The van der Waals surface area contributed by atoms with Crippen LogP contribution in [0.2, 0.25) is 0 Å². The number of carbonyl (C=O) groups is 3. The molecule has 0 heterocycles. The molecule has 11 heteroatoms. The maximum atomic E-state index is 9.07. The summed E-state index contributed by atoms with van der Waals surface area (Å²) in [6, 6.07) is 0. The van der Waals surface area contributed by atoms with Gasteiger partial charge in [-0.05, 0) is 0 Å². The van der Waals surface area contributed by atoms with Crippen LogP contribution in [0.3, 0.4) is 0 Å². The Balaban J connectivity index is -0.0000000270. The Kier molecular flexibility index (Phi) is 51.2. The number of carbonyl (C=O) groups excluding carboxylic acids is 3. The van der Waals surface area contributed by atoms with Gasteiger partial charge in [0.05, 0.1) is 0 Å². The first-order chi connectivity index (χ1) is 5.20. The van der Waals surface area contributed by atoms with Crippen molar-refractivity contribution in [1.29, 1.82) is 0 Å². The molecule has 0 aliphatic heterocycles. The zero-order valence-corrected chi connectivity index (χ0v) is 15.0. The molecule has 0 fully saturated rings. The van der Waals surface area contributed by atoms with Crippen LogP contribution in [0.15, 0.2) is 0 Å². The molecule has 0 bridgehead atoms. The van der Waals surface area contributed by atoms with E-state index in [-0.39, 0.29) is 44.8 Å². The molecule has 0 atom stereocenters. The van der Waals surface area contributed by atoms with Gasteiger partial charge in [-0.1, -0.05) is 0 Å². The van der Waals surface area contributed by atoms with Crippen LogP contribution in [-0.2, 0) is 121 Å². The summed E-state index contributed by atoms with van der Waals surface area (Å²) in [4.78, 5) is 27.2. The molecule has 0 aromatic heterocycles. The molecule has 0 amide bonds. The Bertz CT molecular complexity index is 124. The molecule has 0 radical (unpaired) electrons. The van der Waals surface area contributed by atoms with Crippen molar-refractivity contribution in [2.45, 2.75) is 0 Å². The second-order valence-electron chi connectivity index (χ2n) is 0.750. The third kappa shape index (κ3) is 691. The monoisotopic (exact) mass is 670 g/mol. The summed E-state index contributed by atoms with van der Waals surface area (Å²) >= 11 is 22.8. The average Bonchev–Trinajstić information content (AvgIpc) is 1.54. The van der Waals surface area contributed by atoms with E-state index >= 15 is 0 Å². The molecule has 3 nitrogen and oxygen atoms in total. The number of hydrogen-bond acceptors (Lipinski definition) is 9. The van der Waals surface area contributed by atoms with Gasteiger partial charge in [-0.15, -0.1) is 13.3 Å². The van der Waals surface area contributed by atoms with Crippen LogP contribution in [0.25, 0.3) is 0 Å². The molecular weight excluding hydrogens is 670 g/mol. The molecule has 0 aromatic rings. The van der Waals surface area contributed by atoms with E-state index < -0.39 is 13.3 Å². The van der Waals surface area contributed by atoms with Crippen LogP contribution in [0.1, 0.15) is 0 Å². The standard InChI is InChI=1S/3CH2OS2.2Au/c3*2-1(3)4;;/h3*(H2,2,3,4);;/q;;;2*+3/p-6. The fourth-order valence-electron chi connectivity index (χ4n) is 0. The van der Waals surface area contributed by atoms with Gasteiger partial charge in [0, 0.05) is 0 Å². The first-order valence-electron chi connectivity index (χ1n) is 1.84. The van der Waals surface area contributed by atoms with Crippen LogP contribution < -0.4 is 0 Å². The van der Waals surface area contributed by atoms with E-state index in [1.807, 2.05) is 0 Å². The van der Waals surface area contributed by atoms with Crippen LogP contribution >= 0.6 is 0 Å². The van der Waals surface area contributed by atoms with Crippen molar-refractivity contribution in [3.63, 3.8) is 0 Å². The van der Waals surface area contributed by atoms with Gasteiger partial charge in [0.1, 0.15) is 0 Å². The van der Waals surface area contributed by atoms with Crippen molar-refractivity contribution in [2.75, 3.05) is 0 Å². The first-order valence-corrected chi connectivity index (χ1v) is 4.29. The van der Waals surface area contributed by atoms with Crippen LogP contribution in [0.4, 0.5) is 14.4 Å². The molecule has 0 aliphatic carbocycles. The summed E-state index contributed by atoms with van der Waals surface area (Å²) in [6.07, 6.45) is 0. The quantitative estimate of drug-likeness (QED) is 0.273. The van der Waals surface area contributed by atoms with Crippen LogP contribution in [0, 0.1) is 0 Å². The van der Waals surface area contributed by atoms with E-state index in [1.165, 1.54) is 0 Å². The molecule has 0 aliphatic rings. The zero-order chi connectivity index (χ0) is 10.7. The summed E-state index contributed by atoms with van der Waals surface area (Å²) < 4.78 is -2.00. The fourth-order valence-corrected chi connectivity index (χ4v) is 0. The largest absolute Gasteiger partial charge is 3.00 e. The Morgan fingerprint density at radius 3 is 0.500 bits per heavy atom. The summed E-state index contributed by atoms with van der Waals surface area (Å²) in [5.41, 5.74) is 0. The minimum Gasteiger partial charge on any atom is -0.767 e. The number of hydrogen-bond donors (Lipinski definition) is 0. The molecule has 0 spiro atoms. The van der Waals surface area contributed by atoms with Crippen LogP contribution in [0.5, 0.6) is 0 Å². The first kappa shape index (κ1) is 29.7. The fraction of sp³-hybridized carbons (Fsp3) is 0. The van der Waals surface area contributed by atoms with Gasteiger partial charge in [-0.3, -0.25) is 0 Å². The predicted octanol–water partition coefficient (Wildman–Crippen LogP) is 0.596. The minimum atomic E-state index is -0.667. The third-order valence-electron chi connectivity index (χ3n) is 0. The predicted molar refractivity (Wildman–Crippen MR) is 60.4 cm³/mol. The van der Waals surface area contributed by atoms with Gasteiger partial charge in [0.15, 0.2) is 0 Å². The van der Waals surface area contributed by atoms with Crippen molar-refractivity contribution in [2.24, 2.45) is 0 Å². The topological polar surface area (TPSA) is 51.2 Å². The molecular formula is C3Au2O3S6. The van der Waals surface area contributed by atoms with E-state index in [0.29, 0.717) is 0 Å². The normalized spacial score (nSPS) is 5.14.